The summed E-state index contributed by atoms with van der Waals surface area (Å²) in [6.45, 7) is 3.08. The Bertz CT molecular complexity index is 946. The molecule has 0 bridgehead atoms. The highest BCUT2D eigenvalue weighted by atomic mass is 19.4. The number of carbonyl (C=O) groups excluding carboxylic acids is 1. The predicted molar refractivity (Wildman–Crippen MR) is 115 cm³/mol. The van der Waals surface area contributed by atoms with Gasteiger partial charge in [-0.15, -0.1) is 0 Å². The molecule has 158 valence electrons. The van der Waals surface area contributed by atoms with Crippen LogP contribution in [0.4, 0.5) is 24.5 Å². The van der Waals surface area contributed by atoms with E-state index in [0.29, 0.717) is 5.69 Å². The number of amides is 1. The van der Waals surface area contributed by atoms with Gasteiger partial charge in [-0.2, -0.15) is 13.2 Å². The van der Waals surface area contributed by atoms with E-state index in [1.165, 1.54) is 23.1 Å². The van der Waals surface area contributed by atoms with Crippen LogP contribution in [0.1, 0.15) is 37.3 Å². The van der Waals surface area contributed by atoms with Gasteiger partial charge in [-0.1, -0.05) is 38.0 Å². The van der Waals surface area contributed by atoms with Crippen molar-refractivity contribution >= 4 is 22.9 Å². The largest absolute Gasteiger partial charge is 0.416 e. The van der Waals surface area contributed by atoms with Crippen LogP contribution in [-0.2, 0) is 11.0 Å². The Morgan fingerprint density at radius 1 is 1.07 bits per heavy atom. The van der Waals surface area contributed by atoms with Gasteiger partial charge in [-0.25, -0.2) is 0 Å². The first-order chi connectivity index (χ1) is 14.3. The lowest BCUT2D eigenvalue weighted by molar-refractivity contribution is -0.137. The average Bonchev–Trinajstić information content (AvgIpc) is 2.74. The Kier molecular flexibility index (Phi) is 6.65. The van der Waals surface area contributed by atoms with Crippen LogP contribution >= 0.6 is 0 Å². The van der Waals surface area contributed by atoms with Gasteiger partial charge < -0.3 is 9.80 Å². The van der Waals surface area contributed by atoms with Crippen LogP contribution < -0.4 is 9.80 Å². The Morgan fingerprint density at radius 2 is 1.77 bits per heavy atom. The van der Waals surface area contributed by atoms with Gasteiger partial charge in [0.25, 0.3) is 5.91 Å². The van der Waals surface area contributed by atoms with Crippen LogP contribution in [0.3, 0.4) is 0 Å². The topological polar surface area (TPSA) is 23.6 Å². The number of hydrogen-bond acceptors (Lipinski definition) is 2. The van der Waals surface area contributed by atoms with E-state index in [1.54, 1.807) is 7.05 Å². The zero-order valence-corrected chi connectivity index (χ0v) is 17.1. The highest BCUT2D eigenvalue weighted by Gasteiger charge is 2.30. The first kappa shape index (κ1) is 21.7. The Hall–Kier alpha value is -3.02. The number of para-hydroxylation sites is 1. The van der Waals surface area contributed by atoms with E-state index in [4.69, 9.17) is 0 Å². The molecule has 1 aliphatic rings. The minimum absolute atomic E-state index is 0.302. The second kappa shape index (κ2) is 9.20. The fraction of sp³-hybridized carbons (Fsp3) is 0.292. The lowest BCUT2D eigenvalue weighted by atomic mass is 9.99. The molecule has 0 unspecified atom stereocenters. The summed E-state index contributed by atoms with van der Waals surface area (Å²) in [5.74, 6) is -0.302. The number of fused-ring (bicyclic) bond motifs is 1. The molecule has 3 rings (SSSR count). The summed E-state index contributed by atoms with van der Waals surface area (Å²) in [7, 11) is 1.55. The van der Waals surface area contributed by atoms with Crippen LogP contribution in [0.25, 0.3) is 5.57 Å². The van der Waals surface area contributed by atoms with Crippen molar-refractivity contribution in [3.8, 4) is 0 Å². The first-order valence-electron chi connectivity index (χ1n) is 10.0. The quantitative estimate of drug-likeness (QED) is 0.410. The highest BCUT2D eigenvalue weighted by molar-refractivity contribution is 6.07. The summed E-state index contributed by atoms with van der Waals surface area (Å²) < 4.78 is 38.3. The van der Waals surface area contributed by atoms with Gasteiger partial charge in [0.2, 0.25) is 0 Å². The second-order valence-corrected chi connectivity index (χ2v) is 7.27. The van der Waals surface area contributed by atoms with Crippen molar-refractivity contribution in [1.29, 1.82) is 0 Å². The molecule has 1 aliphatic heterocycles. The molecule has 0 aliphatic carbocycles. The fourth-order valence-electron chi connectivity index (χ4n) is 3.39. The molecule has 2 aromatic rings. The van der Waals surface area contributed by atoms with E-state index in [-0.39, 0.29) is 5.91 Å². The van der Waals surface area contributed by atoms with Crippen LogP contribution in [0.5, 0.6) is 0 Å². The second-order valence-electron chi connectivity index (χ2n) is 7.27. The zero-order valence-electron chi connectivity index (χ0n) is 17.1. The molecule has 0 radical (unpaired) electrons. The van der Waals surface area contributed by atoms with Gasteiger partial charge >= 0.3 is 6.18 Å². The molecule has 2 aromatic carbocycles. The molecule has 0 N–H and O–H groups in total. The Balaban J connectivity index is 1.80. The number of anilines is 2. The van der Waals surface area contributed by atoms with E-state index in [2.05, 4.69) is 11.8 Å². The van der Waals surface area contributed by atoms with Crippen molar-refractivity contribution in [3.05, 3.63) is 78.0 Å². The molecule has 6 heteroatoms. The third-order valence-corrected chi connectivity index (χ3v) is 5.15. The average molecular weight is 414 g/mol. The van der Waals surface area contributed by atoms with Crippen molar-refractivity contribution in [2.24, 2.45) is 0 Å². The molecular weight excluding hydrogens is 389 g/mol. The maximum Gasteiger partial charge on any atom is 0.416 e. The van der Waals surface area contributed by atoms with Gasteiger partial charge in [0.05, 0.1) is 5.56 Å². The third kappa shape index (κ3) is 4.93. The molecule has 30 heavy (non-hydrogen) atoms. The SMILES string of the molecule is CCCCCN1C=C/C(=C\C(=O)N(C)c2ccc(C(F)(F)F)cc2)c2ccccc21. The number of alkyl halides is 3. The number of halogens is 3. The van der Waals surface area contributed by atoms with E-state index in [0.717, 1.165) is 54.8 Å². The van der Waals surface area contributed by atoms with Crippen LogP contribution in [-0.4, -0.2) is 19.5 Å². The molecule has 0 saturated heterocycles. The number of allylic oxidation sites excluding steroid dienone is 2. The van der Waals surface area contributed by atoms with Gasteiger partial charge in [0, 0.05) is 42.8 Å². The van der Waals surface area contributed by atoms with E-state index in [9.17, 15) is 18.0 Å². The smallest absolute Gasteiger partial charge is 0.347 e. The van der Waals surface area contributed by atoms with Crippen molar-refractivity contribution < 1.29 is 18.0 Å². The standard InChI is InChI=1S/C24H25F3N2O/c1-3-4-7-15-29-16-14-18(21-8-5-6-9-22(21)29)17-23(30)28(2)20-12-10-19(11-13-20)24(25,26)27/h5-6,8-14,16-17H,3-4,7,15H2,1-2H3/b18-17+. The summed E-state index contributed by atoms with van der Waals surface area (Å²) >= 11 is 0. The maximum absolute atomic E-state index is 12.8. The molecule has 1 amide bonds. The summed E-state index contributed by atoms with van der Waals surface area (Å²) in [5.41, 5.74) is 2.45. The van der Waals surface area contributed by atoms with Crippen molar-refractivity contribution in [2.75, 3.05) is 23.4 Å². The summed E-state index contributed by atoms with van der Waals surface area (Å²) in [6, 6.07) is 12.5. The molecule has 0 saturated carbocycles. The lowest BCUT2D eigenvalue weighted by Gasteiger charge is -2.28. The zero-order chi connectivity index (χ0) is 21.7. The number of nitrogens with zero attached hydrogens (tertiary/aromatic N) is 2. The Morgan fingerprint density at radius 3 is 2.43 bits per heavy atom. The lowest BCUT2D eigenvalue weighted by Crippen LogP contribution is -2.25. The summed E-state index contributed by atoms with van der Waals surface area (Å²) in [5, 5.41) is 0. The molecule has 1 heterocycles. The van der Waals surface area contributed by atoms with Gasteiger partial charge in [-0.05, 0) is 48.4 Å². The minimum Gasteiger partial charge on any atom is -0.347 e. The van der Waals surface area contributed by atoms with Gasteiger partial charge in [0.1, 0.15) is 0 Å². The minimum atomic E-state index is -4.40. The number of likely N-dealkylation sites (N-methyl/N-ethyl adjacent to an activating group) is 1. The molecule has 0 spiro atoms. The summed E-state index contributed by atoms with van der Waals surface area (Å²) in [6.07, 6.45) is 4.41. The monoisotopic (exact) mass is 414 g/mol. The van der Waals surface area contributed by atoms with Crippen molar-refractivity contribution in [3.63, 3.8) is 0 Å². The number of hydrogen-bond donors (Lipinski definition) is 0. The third-order valence-electron chi connectivity index (χ3n) is 5.15. The van der Waals surface area contributed by atoms with E-state index in [1.807, 2.05) is 36.5 Å². The first-order valence-corrected chi connectivity index (χ1v) is 10.0. The number of unbranched alkanes of at least 4 members (excludes halogenated alkanes) is 2. The van der Waals surface area contributed by atoms with E-state index < -0.39 is 11.7 Å². The number of rotatable bonds is 6. The van der Waals surface area contributed by atoms with Crippen LogP contribution in [0.15, 0.2) is 66.9 Å². The molecule has 0 fully saturated rings. The fourth-order valence-corrected chi connectivity index (χ4v) is 3.39. The highest BCUT2D eigenvalue weighted by Crippen LogP contribution is 2.33. The predicted octanol–water partition coefficient (Wildman–Crippen LogP) is 6.28. The number of benzene rings is 2. The van der Waals surface area contributed by atoms with Gasteiger partial charge in [-0.3, -0.25) is 4.79 Å². The maximum atomic E-state index is 12.8. The van der Waals surface area contributed by atoms with Gasteiger partial charge in [0.15, 0.2) is 0 Å². The molecule has 0 aromatic heterocycles. The number of carbonyl (C=O) groups is 1. The molecule has 0 atom stereocenters. The van der Waals surface area contributed by atoms with E-state index >= 15 is 0 Å². The normalized spacial score (nSPS) is 14.7. The molecular formula is C24H25F3N2O. The van der Waals surface area contributed by atoms with Crippen molar-refractivity contribution in [1.82, 2.24) is 0 Å². The van der Waals surface area contributed by atoms with Crippen LogP contribution in [0.2, 0.25) is 0 Å². The molecule has 3 nitrogen and oxygen atoms in total. The van der Waals surface area contributed by atoms with Crippen molar-refractivity contribution in [2.45, 2.75) is 32.4 Å². The Labute approximate surface area is 175 Å². The summed E-state index contributed by atoms with van der Waals surface area (Å²) in [4.78, 5) is 16.3. The van der Waals surface area contributed by atoms with Crippen LogP contribution in [0, 0.1) is 0 Å².